The number of hydrogen-bond acceptors (Lipinski definition) is 5. The van der Waals surface area contributed by atoms with Crippen LogP contribution in [0.2, 0.25) is 0 Å². The molecule has 1 aliphatic heterocycles. The molecule has 0 aromatic rings. The number of amides is 1. The SMILES string of the molecule is CCOC(=O)C(C)N1C(=O)CCC1C(=O)OC. The number of methoxy groups -OCH3 is 1. The number of nitrogens with zero attached hydrogens (tertiary/aromatic N) is 1. The first-order valence-electron chi connectivity index (χ1n) is 5.58. The molecule has 1 amide bonds. The quantitative estimate of drug-likeness (QED) is 0.655. The minimum Gasteiger partial charge on any atom is -0.467 e. The van der Waals surface area contributed by atoms with E-state index in [1.165, 1.54) is 12.0 Å². The molecule has 0 saturated carbocycles. The minimum atomic E-state index is -0.756. The smallest absolute Gasteiger partial charge is 0.328 e. The third-order valence-electron chi connectivity index (χ3n) is 2.77. The van der Waals surface area contributed by atoms with Gasteiger partial charge in [0.15, 0.2) is 0 Å². The minimum absolute atomic E-state index is 0.221. The fourth-order valence-electron chi connectivity index (χ4n) is 1.93. The van der Waals surface area contributed by atoms with Crippen molar-refractivity contribution >= 4 is 17.8 Å². The maximum absolute atomic E-state index is 11.7. The second-order valence-corrected chi connectivity index (χ2v) is 3.81. The topological polar surface area (TPSA) is 72.9 Å². The summed E-state index contributed by atoms with van der Waals surface area (Å²) in [5.41, 5.74) is 0. The van der Waals surface area contributed by atoms with Crippen LogP contribution in [0, 0.1) is 0 Å². The van der Waals surface area contributed by atoms with Crippen LogP contribution in [0.15, 0.2) is 0 Å². The summed E-state index contributed by atoms with van der Waals surface area (Å²) >= 11 is 0. The predicted molar refractivity (Wildman–Crippen MR) is 58.0 cm³/mol. The monoisotopic (exact) mass is 243 g/mol. The predicted octanol–water partition coefficient (Wildman–Crippen LogP) is 0.102. The van der Waals surface area contributed by atoms with Gasteiger partial charge in [0, 0.05) is 6.42 Å². The summed E-state index contributed by atoms with van der Waals surface area (Å²) in [7, 11) is 1.26. The first kappa shape index (κ1) is 13.5. The number of carbonyl (C=O) groups is 3. The van der Waals surface area contributed by atoms with Crippen molar-refractivity contribution in [2.24, 2.45) is 0 Å². The molecule has 1 saturated heterocycles. The molecule has 1 aliphatic rings. The van der Waals surface area contributed by atoms with E-state index < -0.39 is 24.0 Å². The Morgan fingerprint density at radius 1 is 1.53 bits per heavy atom. The van der Waals surface area contributed by atoms with E-state index in [1.807, 2.05) is 0 Å². The molecule has 2 atom stereocenters. The van der Waals surface area contributed by atoms with Gasteiger partial charge in [-0.05, 0) is 20.3 Å². The first-order valence-corrected chi connectivity index (χ1v) is 5.58. The second kappa shape index (κ2) is 5.65. The van der Waals surface area contributed by atoms with Crippen molar-refractivity contribution < 1.29 is 23.9 Å². The van der Waals surface area contributed by atoms with Gasteiger partial charge >= 0.3 is 11.9 Å². The van der Waals surface area contributed by atoms with Crippen LogP contribution in [0.3, 0.4) is 0 Å². The average molecular weight is 243 g/mol. The summed E-state index contributed by atoms with van der Waals surface area (Å²) in [6, 6.07) is -1.43. The molecule has 1 heterocycles. The van der Waals surface area contributed by atoms with Crippen molar-refractivity contribution in [1.82, 2.24) is 4.90 Å². The number of esters is 2. The van der Waals surface area contributed by atoms with Gasteiger partial charge in [0.05, 0.1) is 13.7 Å². The van der Waals surface area contributed by atoms with Crippen LogP contribution >= 0.6 is 0 Å². The Balaban J connectivity index is 2.80. The van der Waals surface area contributed by atoms with Gasteiger partial charge in [0.25, 0.3) is 0 Å². The van der Waals surface area contributed by atoms with E-state index >= 15 is 0 Å². The van der Waals surface area contributed by atoms with E-state index in [4.69, 9.17) is 4.74 Å². The van der Waals surface area contributed by atoms with Crippen LogP contribution in [-0.2, 0) is 23.9 Å². The van der Waals surface area contributed by atoms with Gasteiger partial charge in [-0.25, -0.2) is 9.59 Å². The molecular formula is C11H17NO5. The summed E-state index contributed by atoms with van der Waals surface area (Å²) < 4.78 is 9.46. The number of rotatable bonds is 4. The summed E-state index contributed by atoms with van der Waals surface area (Å²) in [6.45, 7) is 3.49. The molecule has 0 radical (unpaired) electrons. The highest BCUT2D eigenvalue weighted by Gasteiger charge is 2.42. The number of likely N-dealkylation sites (tertiary alicyclic amines) is 1. The second-order valence-electron chi connectivity index (χ2n) is 3.81. The zero-order valence-electron chi connectivity index (χ0n) is 10.3. The van der Waals surface area contributed by atoms with Gasteiger partial charge in [0.1, 0.15) is 12.1 Å². The molecule has 6 nitrogen and oxygen atoms in total. The van der Waals surface area contributed by atoms with Crippen molar-refractivity contribution in [3.8, 4) is 0 Å². The van der Waals surface area contributed by atoms with Gasteiger partial charge in [-0.15, -0.1) is 0 Å². The van der Waals surface area contributed by atoms with Gasteiger partial charge in [-0.2, -0.15) is 0 Å². The fourth-order valence-corrected chi connectivity index (χ4v) is 1.93. The van der Waals surface area contributed by atoms with Gasteiger partial charge in [-0.3, -0.25) is 4.79 Å². The lowest BCUT2D eigenvalue weighted by atomic mass is 10.2. The van der Waals surface area contributed by atoms with Crippen molar-refractivity contribution in [1.29, 1.82) is 0 Å². The normalized spacial score (nSPS) is 21.2. The van der Waals surface area contributed by atoms with E-state index in [9.17, 15) is 14.4 Å². The molecule has 1 fully saturated rings. The summed E-state index contributed by atoms with van der Waals surface area (Å²) in [6.07, 6.45) is 0.638. The molecule has 0 aromatic carbocycles. The largest absolute Gasteiger partial charge is 0.467 e. The van der Waals surface area contributed by atoms with Crippen molar-refractivity contribution in [3.63, 3.8) is 0 Å². The van der Waals surface area contributed by atoms with Crippen LogP contribution in [0.25, 0.3) is 0 Å². The first-order chi connectivity index (χ1) is 8.02. The number of carbonyl (C=O) groups excluding carboxylic acids is 3. The van der Waals surface area contributed by atoms with E-state index in [1.54, 1.807) is 13.8 Å². The van der Waals surface area contributed by atoms with Crippen LogP contribution in [-0.4, -0.2) is 48.5 Å². The van der Waals surface area contributed by atoms with E-state index in [0.717, 1.165) is 0 Å². The summed E-state index contributed by atoms with van der Waals surface area (Å²) in [4.78, 5) is 36.0. The standard InChI is InChI=1S/C11H17NO5/c1-4-17-10(14)7(2)12-8(11(15)16-3)5-6-9(12)13/h7-8H,4-6H2,1-3H3. The Hall–Kier alpha value is -1.59. The molecule has 0 spiro atoms. The molecule has 2 unspecified atom stereocenters. The Kier molecular flexibility index (Phi) is 4.48. The Bertz CT molecular complexity index is 328. The van der Waals surface area contributed by atoms with Gasteiger partial charge in [0.2, 0.25) is 5.91 Å². The lowest BCUT2D eigenvalue weighted by Crippen LogP contribution is -2.48. The van der Waals surface area contributed by atoms with Gasteiger partial charge < -0.3 is 14.4 Å². The third-order valence-corrected chi connectivity index (χ3v) is 2.77. The van der Waals surface area contributed by atoms with Crippen LogP contribution < -0.4 is 0 Å². The maximum atomic E-state index is 11.7. The third kappa shape index (κ3) is 2.75. The van der Waals surface area contributed by atoms with E-state index in [-0.39, 0.29) is 18.9 Å². The fraction of sp³-hybridized carbons (Fsp3) is 0.727. The van der Waals surface area contributed by atoms with E-state index in [2.05, 4.69) is 4.74 Å². The zero-order valence-corrected chi connectivity index (χ0v) is 10.3. The summed E-state index contributed by atoms with van der Waals surface area (Å²) in [5.74, 6) is -1.22. The Labute approximate surface area is 99.9 Å². The van der Waals surface area contributed by atoms with Crippen LogP contribution in [0.4, 0.5) is 0 Å². The van der Waals surface area contributed by atoms with Crippen molar-refractivity contribution in [2.45, 2.75) is 38.8 Å². The average Bonchev–Trinajstić information content (AvgIpc) is 2.69. The lowest BCUT2D eigenvalue weighted by molar-refractivity contribution is -0.158. The van der Waals surface area contributed by atoms with Crippen molar-refractivity contribution in [2.75, 3.05) is 13.7 Å². The van der Waals surface area contributed by atoms with E-state index in [0.29, 0.717) is 6.42 Å². The summed E-state index contributed by atoms with van der Waals surface area (Å²) in [5, 5.41) is 0. The molecule has 6 heteroatoms. The zero-order chi connectivity index (χ0) is 13.0. The molecule has 1 rings (SSSR count). The lowest BCUT2D eigenvalue weighted by Gasteiger charge is -2.27. The molecule has 0 N–H and O–H groups in total. The van der Waals surface area contributed by atoms with Gasteiger partial charge in [-0.1, -0.05) is 0 Å². The Morgan fingerprint density at radius 2 is 2.18 bits per heavy atom. The highest BCUT2D eigenvalue weighted by atomic mass is 16.5. The van der Waals surface area contributed by atoms with Crippen molar-refractivity contribution in [3.05, 3.63) is 0 Å². The molecule has 96 valence electrons. The highest BCUT2D eigenvalue weighted by molar-refractivity contribution is 5.92. The molecular weight excluding hydrogens is 226 g/mol. The molecule has 0 aliphatic carbocycles. The number of hydrogen-bond donors (Lipinski definition) is 0. The maximum Gasteiger partial charge on any atom is 0.328 e. The number of ether oxygens (including phenoxy) is 2. The molecule has 0 aromatic heterocycles. The van der Waals surface area contributed by atoms with Crippen LogP contribution in [0.1, 0.15) is 26.7 Å². The molecule has 17 heavy (non-hydrogen) atoms. The highest BCUT2D eigenvalue weighted by Crippen LogP contribution is 2.23. The molecule has 0 bridgehead atoms. The van der Waals surface area contributed by atoms with Crippen LogP contribution in [0.5, 0.6) is 0 Å². The Morgan fingerprint density at radius 3 is 2.71 bits per heavy atom.